The molecular weight excluding hydrogens is 511 g/mol. The van der Waals surface area contributed by atoms with Crippen molar-refractivity contribution < 1.29 is 9.47 Å². The number of hydrogen-bond acceptors (Lipinski definition) is 5. The summed E-state index contributed by atoms with van der Waals surface area (Å²) < 4.78 is 11.2. The Bertz CT molecular complexity index is 944. The van der Waals surface area contributed by atoms with E-state index < -0.39 is 0 Å². The van der Waals surface area contributed by atoms with Crippen LogP contribution in [0.3, 0.4) is 0 Å². The third-order valence-electron chi connectivity index (χ3n) is 4.24. The number of hydrogen-bond donors (Lipinski definition) is 2. The molecule has 0 spiro atoms. The Morgan fingerprint density at radius 1 is 1.07 bits per heavy atom. The average Bonchev–Trinajstić information content (AvgIpc) is 3.17. The summed E-state index contributed by atoms with van der Waals surface area (Å²) in [6, 6.07) is 15.6. The number of aryl methyl sites for hydroxylation is 1. The van der Waals surface area contributed by atoms with Crippen molar-refractivity contribution in [3.63, 3.8) is 0 Å². The zero-order valence-corrected chi connectivity index (χ0v) is 20.5. The molecule has 0 amide bonds. The van der Waals surface area contributed by atoms with Crippen molar-refractivity contribution in [3.05, 3.63) is 70.2 Å². The summed E-state index contributed by atoms with van der Waals surface area (Å²) in [5.74, 6) is 2.94. The third kappa shape index (κ3) is 7.17. The first kappa shape index (κ1) is 23.9. The molecule has 6 nitrogen and oxygen atoms in total. The van der Waals surface area contributed by atoms with E-state index in [1.165, 1.54) is 0 Å². The van der Waals surface area contributed by atoms with Gasteiger partial charge in [-0.2, -0.15) is 0 Å². The predicted molar refractivity (Wildman–Crippen MR) is 134 cm³/mol. The average molecular weight is 538 g/mol. The Morgan fingerprint density at radius 3 is 2.43 bits per heavy atom. The number of rotatable bonds is 8. The van der Waals surface area contributed by atoms with Crippen LogP contribution in [0.4, 0.5) is 0 Å². The Morgan fingerprint density at radius 2 is 1.80 bits per heavy atom. The van der Waals surface area contributed by atoms with Gasteiger partial charge in [0.1, 0.15) is 5.75 Å². The minimum absolute atomic E-state index is 0. The van der Waals surface area contributed by atoms with E-state index >= 15 is 0 Å². The highest BCUT2D eigenvalue weighted by molar-refractivity contribution is 14.0. The molecule has 1 aromatic heterocycles. The Hall–Kier alpha value is -2.33. The number of para-hydroxylation sites is 2. The fourth-order valence-corrected chi connectivity index (χ4v) is 3.39. The van der Waals surface area contributed by atoms with Gasteiger partial charge < -0.3 is 20.1 Å². The molecule has 30 heavy (non-hydrogen) atoms. The smallest absolute Gasteiger partial charge is 0.191 e. The molecule has 0 aliphatic rings. The van der Waals surface area contributed by atoms with Gasteiger partial charge in [0.05, 0.1) is 17.8 Å². The van der Waals surface area contributed by atoms with Gasteiger partial charge >= 0.3 is 0 Å². The fourth-order valence-electron chi connectivity index (χ4n) is 2.74. The maximum Gasteiger partial charge on any atom is 0.191 e. The highest BCUT2D eigenvalue weighted by Gasteiger charge is 2.05. The zero-order chi connectivity index (χ0) is 20.5. The van der Waals surface area contributed by atoms with Crippen LogP contribution in [0.1, 0.15) is 16.3 Å². The number of methoxy groups -OCH3 is 1. The second-order valence-corrected chi connectivity index (χ2v) is 7.42. The molecule has 0 saturated carbocycles. The lowest BCUT2D eigenvalue weighted by Crippen LogP contribution is -2.37. The molecule has 1 heterocycles. The molecule has 160 valence electrons. The molecule has 0 unspecified atom stereocenters. The summed E-state index contributed by atoms with van der Waals surface area (Å²) in [7, 11) is 3.41. The van der Waals surface area contributed by atoms with Gasteiger partial charge in [-0.3, -0.25) is 4.99 Å². The lowest BCUT2D eigenvalue weighted by Gasteiger charge is -2.12. The summed E-state index contributed by atoms with van der Waals surface area (Å²) in [5, 5.41) is 9.84. The third-order valence-corrected chi connectivity index (χ3v) is 5.07. The minimum Gasteiger partial charge on any atom is -0.493 e. The van der Waals surface area contributed by atoms with Crippen LogP contribution in [0.25, 0.3) is 0 Å². The molecule has 0 aliphatic heterocycles. The number of thiazole rings is 1. The van der Waals surface area contributed by atoms with E-state index in [1.54, 1.807) is 25.5 Å². The Kier molecular flexibility index (Phi) is 9.88. The van der Waals surface area contributed by atoms with Gasteiger partial charge in [0, 0.05) is 31.9 Å². The summed E-state index contributed by atoms with van der Waals surface area (Å²) in [6.45, 7) is 3.48. The number of guanidine groups is 1. The van der Waals surface area contributed by atoms with Gasteiger partial charge in [0.2, 0.25) is 0 Å². The van der Waals surface area contributed by atoms with E-state index in [9.17, 15) is 0 Å². The van der Waals surface area contributed by atoms with Crippen LogP contribution in [-0.2, 0) is 13.0 Å². The zero-order valence-electron chi connectivity index (χ0n) is 17.3. The van der Waals surface area contributed by atoms with E-state index in [0.717, 1.165) is 40.9 Å². The molecule has 8 heteroatoms. The summed E-state index contributed by atoms with van der Waals surface area (Å²) in [6.07, 6.45) is 0.875. The molecule has 0 radical (unpaired) electrons. The van der Waals surface area contributed by atoms with Crippen LogP contribution in [0.5, 0.6) is 17.2 Å². The number of nitrogens with one attached hydrogen (secondary N) is 2. The van der Waals surface area contributed by atoms with Crippen molar-refractivity contribution >= 4 is 41.3 Å². The van der Waals surface area contributed by atoms with E-state index in [0.29, 0.717) is 18.0 Å². The quantitative estimate of drug-likeness (QED) is 0.246. The number of nitrogens with zero attached hydrogens (tertiary/aromatic N) is 2. The van der Waals surface area contributed by atoms with Crippen LogP contribution in [0.15, 0.2) is 58.9 Å². The normalized spacial score (nSPS) is 10.8. The van der Waals surface area contributed by atoms with E-state index in [-0.39, 0.29) is 24.0 Å². The van der Waals surface area contributed by atoms with Crippen LogP contribution in [0, 0.1) is 6.92 Å². The second-order valence-electron chi connectivity index (χ2n) is 6.36. The largest absolute Gasteiger partial charge is 0.493 e. The topological polar surface area (TPSA) is 67.8 Å². The fraction of sp³-hybridized carbons (Fsp3) is 0.273. The molecular formula is C22H27IN4O2S. The highest BCUT2D eigenvalue weighted by Crippen LogP contribution is 2.30. The number of halogens is 1. The van der Waals surface area contributed by atoms with Gasteiger partial charge in [-0.15, -0.1) is 35.3 Å². The van der Waals surface area contributed by atoms with Gasteiger partial charge in [-0.1, -0.05) is 24.3 Å². The summed E-state index contributed by atoms with van der Waals surface area (Å²) in [5.41, 5.74) is 2.25. The molecule has 0 saturated heterocycles. The van der Waals surface area contributed by atoms with Crippen molar-refractivity contribution in [2.45, 2.75) is 19.9 Å². The maximum atomic E-state index is 5.91. The van der Waals surface area contributed by atoms with Crippen LogP contribution in [-0.4, -0.2) is 31.6 Å². The number of ether oxygens (including phenoxy) is 2. The second kappa shape index (κ2) is 12.4. The minimum atomic E-state index is 0. The summed E-state index contributed by atoms with van der Waals surface area (Å²) in [4.78, 5) is 8.74. The molecule has 3 aromatic rings. The standard InChI is InChI=1S/C22H26N4O2S.HI/c1-16-26-18(15-29-16)12-13-24-22(23-2)25-14-17-8-10-19(11-9-17)28-21-7-5-4-6-20(21)27-3;/h4-11,15H,12-14H2,1-3H3,(H2,23,24,25);1H. The van der Waals surface area contributed by atoms with Crippen molar-refractivity contribution in [2.75, 3.05) is 20.7 Å². The Labute approximate surface area is 198 Å². The van der Waals surface area contributed by atoms with E-state index in [4.69, 9.17) is 9.47 Å². The first-order valence-electron chi connectivity index (χ1n) is 9.43. The van der Waals surface area contributed by atoms with Crippen LogP contribution in [0.2, 0.25) is 0 Å². The molecule has 2 aromatic carbocycles. The van der Waals surface area contributed by atoms with E-state index in [1.807, 2.05) is 55.5 Å². The van der Waals surface area contributed by atoms with Gasteiger partial charge in [-0.25, -0.2) is 4.98 Å². The monoisotopic (exact) mass is 538 g/mol. The molecule has 0 atom stereocenters. The van der Waals surface area contributed by atoms with E-state index in [2.05, 4.69) is 26.0 Å². The first-order chi connectivity index (χ1) is 14.2. The van der Waals surface area contributed by atoms with Crippen molar-refractivity contribution in [1.82, 2.24) is 15.6 Å². The number of benzene rings is 2. The first-order valence-corrected chi connectivity index (χ1v) is 10.3. The van der Waals surface area contributed by atoms with Crippen molar-refractivity contribution in [1.29, 1.82) is 0 Å². The number of aliphatic imine (C=N–C) groups is 1. The Balaban J connectivity index is 0.00000320. The van der Waals surface area contributed by atoms with Crippen LogP contribution >= 0.6 is 35.3 Å². The number of aromatic nitrogens is 1. The van der Waals surface area contributed by atoms with Crippen LogP contribution < -0.4 is 20.1 Å². The lowest BCUT2D eigenvalue weighted by atomic mass is 10.2. The lowest BCUT2D eigenvalue weighted by molar-refractivity contribution is 0.379. The predicted octanol–water partition coefficient (Wildman–Crippen LogP) is 4.78. The molecule has 2 N–H and O–H groups in total. The molecule has 3 rings (SSSR count). The highest BCUT2D eigenvalue weighted by atomic mass is 127. The van der Waals surface area contributed by atoms with Gasteiger partial charge in [-0.05, 0) is 36.8 Å². The molecule has 0 fully saturated rings. The van der Waals surface area contributed by atoms with Gasteiger partial charge in [0.25, 0.3) is 0 Å². The van der Waals surface area contributed by atoms with Crippen molar-refractivity contribution in [3.8, 4) is 17.2 Å². The summed E-state index contributed by atoms with van der Waals surface area (Å²) >= 11 is 1.68. The SMILES string of the molecule is CN=C(NCCc1csc(C)n1)NCc1ccc(Oc2ccccc2OC)cc1.I. The maximum absolute atomic E-state index is 5.91. The van der Waals surface area contributed by atoms with Gasteiger partial charge in [0.15, 0.2) is 17.5 Å². The van der Waals surface area contributed by atoms with Crippen molar-refractivity contribution in [2.24, 2.45) is 4.99 Å². The molecule has 0 aliphatic carbocycles. The molecule has 0 bridgehead atoms.